The molecule has 0 saturated heterocycles. The summed E-state index contributed by atoms with van der Waals surface area (Å²) in [7, 11) is 0. The average Bonchev–Trinajstić information content (AvgIpc) is 3.24. The maximum atomic E-state index is 13.7. The van der Waals surface area contributed by atoms with Gasteiger partial charge in [-0.05, 0) is 77.0 Å². The van der Waals surface area contributed by atoms with E-state index in [1.165, 1.54) is 13.8 Å². The van der Waals surface area contributed by atoms with Crippen molar-refractivity contribution in [2.45, 2.75) is 168 Å². The van der Waals surface area contributed by atoms with E-state index in [0.29, 0.717) is 6.42 Å². The zero-order chi connectivity index (χ0) is 54.9. The van der Waals surface area contributed by atoms with Gasteiger partial charge in [0.2, 0.25) is 47.3 Å². The summed E-state index contributed by atoms with van der Waals surface area (Å²) in [5.74, 6) is -11.4. The van der Waals surface area contributed by atoms with Crippen LogP contribution in [0.1, 0.15) is 107 Å². The van der Waals surface area contributed by atoms with Crippen LogP contribution >= 0.6 is 0 Å². The van der Waals surface area contributed by atoms with E-state index in [9.17, 15) is 63.3 Å². The summed E-state index contributed by atoms with van der Waals surface area (Å²) in [6.45, 7) is 14.1. The van der Waals surface area contributed by atoms with Crippen LogP contribution in [0.2, 0.25) is 0 Å². The largest absolute Gasteiger partial charge is 0.481 e. The van der Waals surface area contributed by atoms with E-state index in [2.05, 4.69) is 52.5 Å². The van der Waals surface area contributed by atoms with Crippen LogP contribution in [0.15, 0.2) is 9.98 Å². The topological polar surface area (TPSA) is 482 Å². The van der Waals surface area contributed by atoms with Crippen molar-refractivity contribution in [1.82, 2.24) is 42.5 Å². The summed E-state index contributed by atoms with van der Waals surface area (Å²) in [5.41, 5.74) is 27.4. The zero-order valence-electron chi connectivity index (χ0n) is 42.1. The molecule has 0 aromatic rings. The fourth-order valence-electron chi connectivity index (χ4n) is 6.56. The van der Waals surface area contributed by atoms with Gasteiger partial charge in [-0.15, -0.1) is 0 Å². The molecule has 0 aliphatic heterocycles. The summed E-state index contributed by atoms with van der Waals surface area (Å²) in [6, 6.07) is -12.6. The second-order valence-electron chi connectivity index (χ2n) is 18.4. The first-order chi connectivity index (χ1) is 32.9. The van der Waals surface area contributed by atoms with Crippen LogP contribution in [0.5, 0.6) is 0 Å². The average molecular weight is 1010 g/mol. The molecule has 0 bridgehead atoms. The summed E-state index contributed by atoms with van der Waals surface area (Å²) in [4.78, 5) is 138. The molecule has 0 saturated carbocycles. The van der Waals surface area contributed by atoms with E-state index in [1.54, 1.807) is 27.7 Å². The van der Waals surface area contributed by atoms with E-state index in [0.717, 1.165) is 6.92 Å². The van der Waals surface area contributed by atoms with Crippen molar-refractivity contribution in [3.8, 4) is 0 Å². The second-order valence-corrected chi connectivity index (χ2v) is 18.4. The number of carboxylic acids is 2. The molecule has 21 N–H and O–H groups in total. The number of aliphatic hydroxyl groups is 1. The molecule has 0 fully saturated rings. The van der Waals surface area contributed by atoms with E-state index < -0.39 is 132 Å². The molecule has 0 unspecified atom stereocenters. The van der Waals surface area contributed by atoms with Gasteiger partial charge in [-0.2, -0.15) is 0 Å². The predicted octanol–water partition coefficient (Wildman–Crippen LogP) is -4.97. The van der Waals surface area contributed by atoms with E-state index in [4.69, 9.17) is 28.7 Å². The van der Waals surface area contributed by atoms with Gasteiger partial charge in [-0.3, -0.25) is 53.1 Å². The van der Waals surface area contributed by atoms with Gasteiger partial charge < -0.3 is 86.5 Å². The van der Waals surface area contributed by atoms with Gasteiger partial charge in [-0.25, -0.2) is 4.79 Å². The number of aliphatic carboxylic acids is 2. The van der Waals surface area contributed by atoms with Crippen molar-refractivity contribution in [1.29, 1.82) is 0 Å². The number of carbonyl (C=O) groups is 10. The fourth-order valence-corrected chi connectivity index (χ4v) is 6.56. The van der Waals surface area contributed by atoms with Crippen molar-refractivity contribution in [2.24, 2.45) is 56.4 Å². The highest BCUT2D eigenvalue weighted by Gasteiger charge is 2.36. The number of amides is 8. The molecule has 10 atom stereocenters. The lowest BCUT2D eigenvalue weighted by Crippen LogP contribution is -2.61. The van der Waals surface area contributed by atoms with E-state index >= 15 is 0 Å². The predicted molar refractivity (Wildman–Crippen MR) is 260 cm³/mol. The number of aliphatic imine (C=N–C) groups is 2. The first-order valence-electron chi connectivity index (χ1n) is 23.3. The number of hydrogen-bond donors (Lipinski definition) is 16. The zero-order valence-corrected chi connectivity index (χ0v) is 42.1. The summed E-state index contributed by atoms with van der Waals surface area (Å²) in [5, 5.41) is 49.0. The molecule has 0 rings (SSSR count). The normalized spacial score (nSPS) is 15.4. The van der Waals surface area contributed by atoms with Crippen LogP contribution in [0.25, 0.3) is 0 Å². The van der Waals surface area contributed by atoms with Crippen LogP contribution in [-0.2, 0) is 47.9 Å². The quantitative estimate of drug-likeness (QED) is 0.0166. The SMILES string of the molecule is CC(C)C[C@H](NC(=O)[C@H](C)NC(=O)[C@@H](NC(=O)[C@H](C)NC(=O)[C@H](CCCN=C(N)N)NC(=O)[C@H](CC(=O)O)NC(=O)[C@@H](NC(=O)[C@@H](N)CC(C)C)C(C)C)[C@@H](C)O)C(=O)N[C@@H](CCCN=C(N)N)C(=O)O. The number of guanidine groups is 2. The number of carboxylic acid groups (broad SMARTS) is 2. The number of hydrogen-bond acceptors (Lipinski definition) is 14. The van der Waals surface area contributed by atoms with Crippen molar-refractivity contribution in [2.75, 3.05) is 13.1 Å². The van der Waals surface area contributed by atoms with Gasteiger partial charge in [0, 0.05) is 13.1 Å². The molecule has 0 heterocycles. The van der Waals surface area contributed by atoms with Crippen LogP contribution < -0.4 is 71.2 Å². The highest BCUT2D eigenvalue weighted by molar-refractivity contribution is 5.98. The smallest absolute Gasteiger partial charge is 0.326 e. The Hall–Kier alpha value is -6.84. The number of aliphatic hydroxyl groups excluding tert-OH is 1. The Morgan fingerprint density at radius 2 is 0.859 bits per heavy atom. The number of nitrogens with zero attached hydrogens (tertiary/aromatic N) is 2. The minimum absolute atomic E-state index is 0.0246. The second kappa shape index (κ2) is 32.1. The molecule has 28 nitrogen and oxygen atoms in total. The third kappa shape index (κ3) is 26.1. The van der Waals surface area contributed by atoms with Crippen molar-refractivity contribution in [3.63, 3.8) is 0 Å². The Bertz CT molecular complexity index is 1890. The van der Waals surface area contributed by atoms with Gasteiger partial charge in [0.1, 0.15) is 48.3 Å². The van der Waals surface area contributed by atoms with Gasteiger partial charge in [0.05, 0.1) is 18.6 Å². The monoisotopic (exact) mass is 1010 g/mol. The van der Waals surface area contributed by atoms with Crippen LogP contribution in [0, 0.1) is 17.8 Å². The molecule has 71 heavy (non-hydrogen) atoms. The first kappa shape index (κ1) is 64.2. The van der Waals surface area contributed by atoms with Gasteiger partial charge in [-0.1, -0.05) is 41.5 Å². The Morgan fingerprint density at radius 1 is 0.465 bits per heavy atom. The standard InChI is InChI=1S/C43H79N15O13/c1-19(2)16-25(44)35(64)57-31(21(5)6)39(68)56-29(18-30(60)61)38(67)53-26(12-10-14-49-42(45)46)36(65)51-23(8)34(63)58-32(24(9)59)40(69)52-22(7)33(62)55-28(17-20(3)4)37(66)54-27(41(70)71)13-11-15-50-43(47)48/h19-29,31-32,59H,10-18,44H2,1-9H3,(H,51,65)(H,52,69)(H,53,67)(H,54,66)(H,55,62)(H,56,68)(H,57,64)(H,58,63)(H,60,61)(H,70,71)(H4,45,46,49)(H4,47,48,50)/t22-,23-,24+,25-,26-,27-,28-,29-,31-,32-/m0/s1. The molecule has 0 aromatic carbocycles. The summed E-state index contributed by atoms with van der Waals surface area (Å²) in [6.07, 6.45) is -2.09. The minimum Gasteiger partial charge on any atom is -0.481 e. The highest BCUT2D eigenvalue weighted by Crippen LogP contribution is 2.10. The lowest BCUT2D eigenvalue weighted by atomic mass is 10.00. The summed E-state index contributed by atoms with van der Waals surface area (Å²) < 4.78 is 0. The van der Waals surface area contributed by atoms with E-state index in [1.807, 2.05) is 13.8 Å². The van der Waals surface area contributed by atoms with Gasteiger partial charge >= 0.3 is 11.9 Å². The van der Waals surface area contributed by atoms with Crippen LogP contribution in [-0.4, -0.2) is 160 Å². The Balaban J connectivity index is 6.16. The van der Waals surface area contributed by atoms with Crippen molar-refractivity contribution < 1.29 is 63.3 Å². The lowest BCUT2D eigenvalue weighted by Gasteiger charge is -2.28. The third-order valence-corrected chi connectivity index (χ3v) is 10.4. The van der Waals surface area contributed by atoms with Crippen molar-refractivity contribution >= 4 is 71.1 Å². The van der Waals surface area contributed by atoms with Gasteiger partial charge in [0.25, 0.3) is 0 Å². The maximum absolute atomic E-state index is 13.7. The number of carbonyl (C=O) groups excluding carboxylic acids is 8. The molecule has 0 aliphatic carbocycles. The number of nitrogens with two attached hydrogens (primary N) is 5. The maximum Gasteiger partial charge on any atom is 0.326 e. The molecule has 0 spiro atoms. The third-order valence-electron chi connectivity index (χ3n) is 10.4. The molecule has 404 valence electrons. The van der Waals surface area contributed by atoms with E-state index in [-0.39, 0.29) is 68.9 Å². The molecule has 0 aliphatic rings. The lowest BCUT2D eigenvalue weighted by molar-refractivity contribution is -0.143. The Labute approximate surface area is 413 Å². The molecule has 0 radical (unpaired) electrons. The minimum atomic E-state index is -1.77. The summed E-state index contributed by atoms with van der Waals surface area (Å²) >= 11 is 0. The van der Waals surface area contributed by atoms with Crippen molar-refractivity contribution in [3.05, 3.63) is 0 Å². The highest BCUT2D eigenvalue weighted by atomic mass is 16.4. The number of rotatable bonds is 33. The molecule has 0 aromatic heterocycles. The Kier molecular flexibility index (Phi) is 29.0. The van der Waals surface area contributed by atoms with Gasteiger partial charge in [0.15, 0.2) is 11.9 Å². The van der Waals surface area contributed by atoms with Crippen LogP contribution in [0.4, 0.5) is 0 Å². The molecule has 8 amide bonds. The molecule has 28 heteroatoms. The molecular formula is C43H79N15O13. The molecular weight excluding hydrogens is 935 g/mol. The number of nitrogens with one attached hydrogen (secondary N) is 8. The fraction of sp³-hybridized carbons (Fsp3) is 0.721. The first-order valence-corrected chi connectivity index (χ1v) is 23.3. The Morgan fingerprint density at radius 3 is 1.31 bits per heavy atom. The van der Waals surface area contributed by atoms with Crippen LogP contribution in [0.3, 0.4) is 0 Å².